The normalized spacial score (nSPS) is 32.6. The van der Waals surface area contributed by atoms with Crippen LogP contribution in [0.1, 0.15) is 53.4 Å². The summed E-state index contributed by atoms with van der Waals surface area (Å²) in [5, 5.41) is 55.3. The fourth-order valence-corrected chi connectivity index (χ4v) is 5.60. The average molecular weight is 642 g/mol. The molecule has 252 valence electrons. The van der Waals surface area contributed by atoms with E-state index in [4.69, 9.17) is 34.4 Å². The third kappa shape index (κ3) is 14.8. The second-order valence-electron chi connectivity index (χ2n) is 10.7. The largest absolute Gasteiger partial charge is 0.400 e. The molecule has 0 amide bonds. The standard InChI is InChI=1S/C21H32FNO7S.C5H10O3.C2H6.CH4O/c1-21(2,19-9-13(24)8-14(29-19)11-27-22)23-28-12-18-16(25)10-17(26)20(30-18)31-15-6-4-3-5-7-15;6-4-1-5(7)3-8-2-4;2*1-2/h3-7,13-14,16-20,23-26H,8-12H2,1-2H3;4-7H,1-3H2;1-2H3;2H,1H3/t13?,14?,16?,17?,18-,19?,20?;;;/m1.../s1. The van der Waals surface area contributed by atoms with E-state index in [0.29, 0.717) is 32.5 Å². The third-order valence-electron chi connectivity index (χ3n) is 6.71. The molecular weight excluding hydrogens is 589 g/mol. The smallest absolute Gasteiger partial charge is 0.134 e. The quantitative estimate of drug-likeness (QED) is 0.193. The van der Waals surface area contributed by atoms with Crippen molar-refractivity contribution in [2.75, 3.05) is 33.5 Å². The number of ether oxygens (including phenoxy) is 3. The number of hydrogen-bond donors (Lipinski definition) is 7. The zero-order chi connectivity index (χ0) is 32.4. The second-order valence-corrected chi connectivity index (χ2v) is 11.9. The molecule has 3 saturated heterocycles. The van der Waals surface area contributed by atoms with Crippen molar-refractivity contribution in [1.29, 1.82) is 0 Å². The first-order chi connectivity index (χ1) is 20.6. The van der Waals surface area contributed by atoms with Crippen LogP contribution in [0.25, 0.3) is 0 Å². The lowest BCUT2D eigenvalue weighted by Gasteiger charge is -2.42. The van der Waals surface area contributed by atoms with Gasteiger partial charge in [0.25, 0.3) is 0 Å². The predicted molar refractivity (Wildman–Crippen MR) is 159 cm³/mol. The molecule has 0 bridgehead atoms. The van der Waals surface area contributed by atoms with Gasteiger partial charge in [-0.05, 0) is 30.5 Å². The zero-order valence-electron chi connectivity index (χ0n) is 25.8. The van der Waals surface area contributed by atoms with Crippen molar-refractivity contribution < 1.29 is 59.2 Å². The highest BCUT2D eigenvalue weighted by Gasteiger charge is 2.40. The Hall–Kier alpha value is -0.980. The van der Waals surface area contributed by atoms with Gasteiger partial charge in [-0.25, -0.2) is 0 Å². The molecule has 7 N–H and O–H groups in total. The Bertz CT molecular complexity index is 823. The highest BCUT2D eigenvalue weighted by molar-refractivity contribution is 7.99. The van der Waals surface area contributed by atoms with E-state index in [0.717, 1.165) is 12.0 Å². The number of nitrogens with one attached hydrogen (secondary N) is 1. The van der Waals surface area contributed by atoms with Crippen LogP contribution in [0.4, 0.5) is 4.53 Å². The molecule has 4 rings (SSSR count). The van der Waals surface area contributed by atoms with E-state index in [2.05, 4.69) is 10.4 Å². The van der Waals surface area contributed by atoms with Gasteiger partial charge < -0.3 is 44.8 Å². The predicted octanol–water partition coefficient (Wildman–Crippen LogP) is 1.49. The van der Waals surface area contributed by atoms with Crippen LogP contribution in [0, 0.1) is 0 Å². The zero-order valence-corrected chi connectivity index (χ0v) is 26.6. The fourth-order valence-electron chi connectivity index (χ4n) is 4.55. The molecule has 3 aliphatic rings. The van der Waals surface area contributed by atoms with E-state index in [1.165, 1.54) is 11.8 Å². The maximum atomic E-state index is 12.2. The fraction of sp³-hybridized carbons (Fsp3) is 0.793. The number of aliphatic hydroxyl groups excluding tert-OH is 6. The van der Waals surface area contributed by atoms with Crippen LogP contribution in [0.2, 0.25) is 0 Å². The summed E-state index contributed by atoms with van der Waals surface area (Å²) in [6.07, 6.45) is -3.49. The highest BCUT2D eigenvalue weighted by Crippen LogP contribution is 2.33. The molecular formula is C29H52FNO11S. The van der Waals surface area contributed by atoms with Crippen molar-refractivity contribution in [3.63, 3.8) is 0 Å². The molecule has 0 aromatic heterocycles. The number of benzene rings is 1. The maximum absolute atomic E-state index is 12.2. The van der Waals surface area contributed by atoms with Crippen molar-refractivity contribution in [2.45, 2.75) is 118 Å². The maximum Gasteiger partial charge on any atom is 0.134 e. The van der Waals surface area contributed by atoms with E-state index in [-0.39, 0.29) is 19.6 Å². The van der Waals surface area contributed by atoms with Gasteiger partial charge in [-0.3, -0.25) is 4.84 Å². The number of halogens is 1. The van der Waals surface area contributed by atoms with Gasteiger partial charge in [-0.2, -0.15) is 10.4 Å². The van der Waals surface area contributed by atoms with Gasteiger partial charge in [0, 0.05) is 37.7 Å². The first-order valence-electron chi connectivity index (χ1n) is 14.6. The summed E-state index contributed by atoms with van der Waals surface area (Å²) < 4.78 is 28.8. The van der Waals surface area contributed by atoms with Crippen molar-refractivity contribution in [2.24, 2.45) is 0 Å². The number of thioether (sulfide) groups is 1. The van der Waals surface area contributed by atoms with Crippen LogP contribution >= 0.6 is 11.8 Å². The van der Waals surface area contributed by atoms with E-state index in [1.54, 1.807) is 0 Å². The minimum absolute atomic E-state index is 0.0511. The summed E-state index contributed by atoms with van der Waals surface area (Å²) in [6, 6.07) is 9.60. The van der Waals surface area contributed by atoms with E-state index in [1.807, 2.05) is 58.0 Å². The minimum Gasteiger partial charge on any atom is -0.400 e. The molecule has 0 aliphatic carbocycles. The van der Waals surface area contributed by atoms with Crippen LogP contribution < -0.4 is 5.48 Å². The summed E-state index contributed by atoms with van der Waals surface area (Å²) >= 11 is 1.40. The van der Waals surface area contributed by atoms with Gasteiger partial charge in [0.15, 0.2) is 0 Å². The molecule has 0 radical (unpaired) electrons. The van der Waals surface area contributed by atoms with Crippen molar-refractivity contribution >= 4 is 11.8 Å². The van der Waals surface area contributed by atoms with Gasteiger partial charge in [0.1, 0.15) is 18.1 Å². The lowest BCUT2D eigenvalue weighted by Crippen LogP contribution is -2.56. The monoisotopic (exact) mass is 641 g/mol. The molecule has 1 aromatic rings. The summed E-state index contributed by atoms with van der Waals surface area (Å²) in [6.45, 7) is 8.25. The van der Waals surface area contributed by atoms with Crippen molar-refractivity contribution in [1.82, 2.24) is 5.48 Å². The number of rotatable bonds is 9. The van der Waals surface area contributed by atoms with Gasteiger partial charge in [-0.15, -0.1) is 0 Å². The molecule has 12 nitrogen and oxygen atoms in total. The van der Waals surface area contributed by atoms with Gasteiger partial charge >= 0.3 is 0 Å². The van der Waals surface area contributed by atoms with E-state index in [9.17, 15) is 19.8 Å². The molecule has 3 aliphatic heterocycles. The number of aliphatic hydroxyl groups is 6. The third-order valence-corrected chi connectivity index (χ3v) is 7.91. The molecule has 14 heteroatoms. The van der Waals surface area contributed by atoms with Gasteiger partial charge in [0.05, 0.1) is 68.1 Å². The van der Waals surface area contributed by atoms with Gasteiger partial charge in [0.2, 0.25) is 0 Å². The second kappa shape index (κ2) is 21.7. The Kier molecular flexibility index (Phi) is 20.2. The Morgan fingerprint density at radius 2 is 1.49 bits per heavy atom. The Morgan fingerprint density at radius 1 is 0.860 bits per heavy atom. The Balaban J connectivity index is 0.000000651. The average Bonchev–Trinajstić information content (AvgIpc) is 2.98. The van der Waals surface area contributed by atoms with Crippen LogP contribution in [-0.2, 0) is 24.0 Å². The molecule has 9 atom stereocenters. The number of hydroxylamine groups is 1. The van der Waals surface area contributed by atoms with Crippen LogP contribution in [0.15, 0.2) is 35.2 Å². The highest BCUT2D eigenvalue weighted by atomic mass is 32.2. The molecule has 43 heavy (non-hydrogen) atoms. The van der Waals surface area contributed by atoms with Crippen LogP contribution in [0.3, 0.4) is 0 Å². The van der Waals surface area contributed by atoms with Gasteiger partial charge in [-0.1, -0.05) is 43.8 Å². The minimum atomic E-state index is -0.869. The SMILES string of the molecule is CC.CC(C)(NOC[C@H]1OC(Sc2ccccc2)C(O)CC1O)C1CC(O)CC(COF)O1.CO.OC1COCC(O)C1. The molecule has 0 saturated carbocycles. The molecule has 8 unspecified atom stereocenters. The van der Waals surface area contributed by atoms with E-state index < -0.39 is 59.8 Å². The summed E-state index contributed by atoms with van der Waals surface area (Å²) in [5.41, 5.74) is 1.70. The summed E-state index contributed by atoms with van der Waals surface area (Å²) in [4.78, 5) is 10.3. The van der Waals surface area contributed by atoms with Crippen LogP contribution in [-0.4, -0.2) is 124 Å². The lowest BCUT2D eigenvalue weighted by molar-refractivity contribution is -0.215. The van der Waals surface area contributed by atoms with E-state index >= 15 is 0 Å². The van der Waals surface area contributed by atoms with Crippen LogP contribution in [0.5, 0.6) is 0 Å². The molecule has 1 aromatic carbocycles. The van der Waals surface area contributed by atoms with Crippen molar-refractivity contribution in [3.8, 4) is 0 Å². The topological polar surface area (TPSA) is 180 Å². The molecule has 3 fully saturated rings. The lowest BCUT2D eigenvalue weighted by atomic mass is 9.89. The first-order valence-corrected chi connectivity index (χ1v) is 15.5. The first kappa shape index (κ1) is 40.0. The molecule has 0 spiro atoms. The number of hydrogen-bond acceptors (Lipinski definition) is 13. The summed E-state index contributed by atoms with van der Waals surface area (Å²) in [5.74, 6) is 0. The van der Waals surface area contributed by atoms with Crippen molar-refractivity contribution in [3.05, 3.63) is 30.3 Å². The molecule has 3 heterocycles. The Labute approximate surface area is 258 Å². The Morgan fingerprint density at radius 3 is 2.05 bits per heavy atom. The summed E-state index contributed by atoms with van der Waals surface area (Å²) in [7, 11) is 1.00.